The van der Waals surface area contributed by atoms with Crippen molar-refractivity contribution >= 4 is 17.4 Å². The number of Topliss-reactive ketones (excluding diaryl/α,β-unsaturated/α-hetero) is 1. The van der Waals surface area contributed by atoms with Crippen LogP contribution in [0.5, 0.6) is 0 Å². The van der Waals surface area contributed by atoms with Gasteiger partial charge in [-0.15, -0.1) is 0 Å². The Balaban J connectivity index is 2.32. The zero-order chi connectivity index (χ0) is 17.5. The van der Waals surface area contributed by atoms with Gasteiger partial charge < -0.3 is 10.1 Å². The zero-order valence-corrected chi connectivity index (χ0v) is 13.5. The molecule has 2 rings (SSSR count). The molecule has 2 aromatic carbocycles. The normalized spacial score (nSPS) is 11.0. The van der Waals surface area contributed by atoms with E-state index in [0.29, 0.717) is 11.3 Å². The number of aryl methyl sites for hydroxylation is 1. The molecule has 5 heteroatoms. The number of benzene rings is 2. The second-order valence-electron chi connectivity index (χ2n) is 5.07. The Hall–Kier alpha value is -2.95. The SMILES string of the molecule is CCOC(=O)C(=CNc1ccc(F)cc1)C(=O)c1ccccc1C. The van der Waals surface area contributed by atoms with Crippen molar-refractivity contribution in [3.05, 3.63) is 77.2 Å². The summed E-state index contributed by atoms with van der Waals surface area (Å²) < 4.78 is 17.9. The number of nitrogens with one attached hydrogen (secondary N) is 1. The third-order valence-electron chi connectivity index (χ3n) is 3.36. The van der Waals surface area contributed by atoms with Crippen LogP contribution >= 0.6 is 0 Å². The highest BCUT2D eigenvalue weighted by atomic mass is 19.1. The number of carbonyl (C=O) groups excluding carboxylic acids is 2. The van der Waals surface area contributed by atoms with Crippen LogP contribution in [-0.2, 0) is 9.53 Å². The molecule has 0 heterocycles. The summed E-state index contributed by atoms with van der Waals surface area (Å²) in [4.78, 5) is 24.8. The van der Waals surface area contributed by atoms with Crippen LogP contribution in [0.25, 0.3) is 0 Å². The highest BCUT2D eigenvalue weighted by Gasteiger charge is 2.22. The molecule has 124 valence electrons. The minimum Gasteiger partial charge on any atom is -0.462 e. The Morgan fingerprint density at radius 3 is 2.42 bits per heavy atom. The number of rotatable bonds is 6. The van der Waals surface area contributed by atoms with Gasteiger partial charge in [-0.25, -0.2) is 9.18 Å². The van der Waals surface area contributed by atoms with Crippen molar-refractivity contribution < 1.29 is 18.7 Å². The molecular formula is C19H18FNO3. The van der Waals surface area contributed by atoms with Gasteiger partial charge in [0.15, 0.2) is 0 Å². The van der Waals surface area contributed by atoms with Crippen LogP contribution in [0.2, 0.25) is 0 Å². The summed E-state index contributed by atoms with van der Waals surface area (Å²) in [5, 5.41) is 2.83. The van der Waals surface area contributed by atoms with Crippen LogP contribution in [-0.4, -0.2) is 18.4 Å². The van der Waals surface area contributed by atoms with Gasteiger partial charge in [0.2, 0.25) is 5.78 Å². The van der Waals surface area contributed by atoms with Gasteiger partial charge in [-0.3, -0.25) is 4.79 Å². The predicted octanol–water partition coefficient (Wildman–Crippen LogP) is 3.88. The second-order valence-corrected chi connectivity index (χ2v) is 5.07. The van der Waals surface area contributed by atoms with E-state index >= 15 is 0 Å². The van der Waals surface area contributed by atoms with Crippen molar-refractivity contribution in [2.75, 3.05) is 11.9 Å². The molecule has 1 N–H and O–H groups in total. The molecule has 0 saturated heterocycles. The van der Waals surface area contributed by atoms with Gasteiger partial charge >= 0.3 is 5.97 Å². The van der Waals surface area contributed by atoms with Crippen molar-refractivity contribution in [3.63, 3.8) is 0 Å². The summed E-state index contributed by atoms with van der Waals surface area (Å²) in [6.07, 6.45) is 1.29. The lowest BCUT2D eigenvalue weighted by Crippen LogP contribution is -2.18. The van der Waals surface area contributed by atoms with Crippen LogP contribution in [0.15, 0.2) is 60.3 Å². The maximum absolute atomic E-state index is 12.9. The Bertz CT molecular complexity index is 766. The maximum atomic E-state index is 12.9. The van der Waals surface area contributed by atoms with Crippen molar-refractivity contribution in [3.8, 4) is 0 Å². The van der Waals surface area contributed by atoms with E-state index in [4.69, 9.17) is 4.74 Å². The largest absolute Gasteiger partial charge is 0.462 e. The van der Waals surface area contributed by atoms with E-state index < -0.39 is 11.8 Å². The Morgan fingerprint density at radius 1 is 1.12 bits per heavy atom. The van der Waals surface area contributed by atoms with Crippen LogP contribution in [0.3, 0.4) is 0 Å². The fourth-order valence-corrected chi connectivity index (χ4v) is 2.10. The lowest BCUT2D eigenvalue weighted by Gasteiger charge is -2.09. The minimum absolute atomic E-state index is 0.115. The Labute approximate surface area is 140 Å². The maximum Gasteiger partial charge on any atom is 0.343 e. The molecule has 0 aliphatic rings. The summed E-state index contributed by atoms with van der Waals surface area (Å²) in [6.45, 7) is 3.62. The molecule has 24 heavy (non-hydrogen) atoms. The Kier molecular flexibility index (Phi) is 5.84. The summed E-state index contributed by atoms with van der Waals surface area (Å²) in [6, 6.07) is 12.6. The van der Waals surface area contributed by atoms with Crippen LogP contribution in [0, 0.1) is 12.7 Å². The monoisotopic (exact) mass is 327 g/mol. The molecule has 4 nitrogen and oxygen atoms in total. The van der Waals surface area contributed by atoms with Crippen LogP contribution in [0.1, 0.15) is 22.8 Å². The molecule has 2 aromatic rings. The van der Waals surface area contributed by atoms with Crippen molar-refractivity contribution in [1.82, 2.24) is 0 Å². The summed E-state index contributed by atoms with van der Waals surface area (Å²) in [7, 11) is 0. The molecule has 0 aliphatic heterocycles. The second kappa shape index (κ2) is 8.06. The minimum atomic E-state index is -0.708. The third kappa shape index (κ3) is 4.29. The molecule has 0 bridgehead atoms. The summed E-state index contributed by atoms with van der Waals surface area (Å²) in [5.41, 5.74) is 1.63. The summed E-state index contributed by atoms with van der Waals surface area (Å²) >= 11 is 0. The molecule has 0 atom stereocenters. The number of esters is 1. The fourth-order valence-electron chi connectivity index (χ4n) is 2.10. The fraction of sp³-hybridized carbons (Fsp3) is 0.158. The number of carbonyl (C=O) groups is 2. The van der Waals surface area contributed by atoms with E-state index in [0.717, 1.165) is 5.56 Å². The first-order valence-electron chi connectivity index (χ1n) is 7.52. The number of anilines is 1. The molecule has 0 aliphatic carbocycles. The average molecular weight is 327 g/mol. The van der Waals surface area contributed by atoms with Crippen LogP contribution in [0.4, 0.5) is 10.1 Å². The first-order valence-corrected chi connectivity index (χ1v) is 7.52. The van der Waals surface area contributed by atoms with Crippen molar-refractivity contribution in [1.29, 1.82) is 0 Å². The molecule has 0 saturated carbocycles. The molecule has 0 fully saturated rings. The van der Waals surface area contributed by atoms with Gasteiger partial charge in [0.05, 0.1) is 6.61 Å². The van der Waals surface area contributed by atoms with Gasteiger partial charge in [-0.2, -0.15) is 0 Å². The van der Waals surface area contributed by atoms with Gasteiger partial charge in [-0.1, -0.05) is 24.3 Å². The smallest absolute Gasteiger partial charge is 0.343 e. The van der Waals surface area contributed by atoms with E-state index in [1.165, 1.54) is 30.5 Å². The van der Waals surface area contributed by atoms with E-state index in [9.17, 15) is 14.0 Å². The van der Waals surface area contributed by atoms with Crippen LogP contribution < -0.4 is 5.32 Å². The topological polar surface area (TPSA) is 55.4 Å². The highest BCUT2D eigenvalue weighted by Crippen LogP contribution is 2.16. The van der Waals surface area contributed by atoms with Crippen molar-refractivity contribution in [2.45, 2.75) is 13.8 Å². The number of hydrogen-bond acceptors (Lipinski definition) is 4. The molecule has 0 amide bonds. The number of hydrogen-bond donors (Lipinski definition) is 1. The van der Waals surface area contributed by atoms with E-state index in [1.807, 2.05) is 6.07 Å². The lowest BCUT2D eigenvalue weighted by atomic mass is 9.99. The molecule has 0 aromatic heterocycles. The number of ether oxygens (including phenoxy) is 1. The molecule has 0 spiro atoms. The van der Waals surface area contributed by atoms with Gasteiger partial charge in [0, 0.05) is 17.5 Å². The predicted molar refractivity (Wildman–Crippen MR) is 90.2 cm³/mol. The lowest BCUT2D eigenvalue weighted by molar-refractivity contribution is -0.138. The third-order valence-corrected chi connectivity index (χ3v) is 3.36. The van der Waals surface area contributed by atoms with Gasteiger partial charge in [0.25, 0.3) is 0 Å². The summed E-state index contributed by atoms with van der Waals surface area (Å²) in [5.74, 6) is -1.51. The van der Waals surface area contributed by atoms with Gasteiger partial charge in [0.1, 0.15) is 11.4 Å². The molecule has 0 radical (unpaired) electrons. The first-order chi connectivity index (χ1) is 11.5. The van der Waals surface area contributed by atoms with E-state index in [1.54, 1.807) is 32.0 Å². The number of halogens is 1. The molecular weight excluding hydrogens is 309 g/mol. The highest BCUT2D eigenvalue weighted by molar-refractivity contribution is 6.24. The first kappa shape index (κ1) is 17.4. The number of ketones is 1. The van der Waals surface area contributed by atoms with E-state index in [2.05, 4.69) is 5.32 Å². The zero-order valence-electron chi connectivity index (χ0n) is 13.5. The average Bonchev–Trinajstić information content (AvgIpc) is 2.57. The molecule has 0 unspecified atom stereocenters. The van der Waals surface area contributed by atoms with E-state index in [-0.39, 0.29) is 18.0 Å². The quantitative estimate of drug-likeness (QED) is 0.288. The standard InChI is InChI=1S/C19H18FNO3/c1-3-24-19(23)17(12-21-15-10-8-14(20)9-11-15)18(22)16-7-5-4-6-13(16)2/h4-12,21H,3H2,1-2H3. The van der Waals surface area contributed by atoms with Crippen molar-refractivity contribution in [2.24, 2.45) is 0 Å². The Morgan fingerprint density at radius 2 is 1.79 bits per heavy atom. The van der Waals surface area contributed by atoms with Gasteiger partial charge in [-0.05, 0) is 43.7 Å².